The lowest BCUT2D eigenvalue weighted by atomic mass is 9.91. The third kappa shape index (κ3) is 18.1. The molecule has 2 unspecified atom stereocenters. The van der Waals surface area contributed by atoms with Gasteiger partial charge in [0.15, 0.2) is 0 Å². The van der Waals surface area contributed by atoms with E-state index in [1.54, 1.807) is 0 Å². The number of ether oxygens (including phenoxy) is 3. The van der Waals surface area contributed by atoms with Gasteiger partial charge >= 0.3 is 7.82 Å². The summed E-state index contributed by atoms with van der Waals surface area (Å²) in [7, 11) is 1.62. The number of hydrogen-bond donors (Lipinski definition) is 2. The second-order valence-corrected chi connectivity index (χ2v) is 19.7. The lowest BCUT2D eigenvalue weighted by Crippen LogP contribution is -2.37. The van der Waals surface area contributed by atoms with Crippen LogP contribution < -0.4 is 5.32 Å². The minimum absolute atomic E-state index is 0.0758. The number of nitrogens with zero attached hydrogens (tertiary/aromatic N) is 3. The van der Waals surface area contributed by atoms with E-state index < -0.39 is 23.8 Å². The van der Waals surface area contributed by atoms with E-state index >= 15 is 0 Å². The molecule has 0 amide bonds. The molecule has 0 aliphatic rings. The van der Waals surface area contributed by atoms with E-state index in [9.17, 15) is 29.7 Å². The van der Waals surface area contributed by atoms with Crippen LogP contribution in [0, 0.1) is 20.2 Å². The first-order chi connectivity index (χ1) is 31.8. The molecule has 0 saturated heterocycles. The largest absolute Gasteiger partial charge is 0.472 e. The minimum Gasteiger partial charge on any atom is -0.381 e. The summed E-state index contributed by atoms with van der Waals surface area (Å²) >= 11 is 0. The smallest absolute Gasteiger partial charge is 0.381 e. The number of non-ortho nitro benzene ring substituents is 1. The molecule has 0 radical (unpaired) electrons. The number of unbranched alkanes of at least 4 members (excludes halogenated alkanes) is 11. The molecule has 0 aliphatic carbocycles. The van der Waals surface area contributed by atoms with E-state index in [0.29, 0.717) is 30.8 Å². The molecule has 2 N–H and O–H groups in total. The standard InChI is InChI=1S/C50H71N4O11P/c1-54(2,3)31-36-64-66(59,60)65-39-45(63-35-16-11-8-13-30-51-47-29-27-44(52(55)56)37-48(47)53(57)58)38-62-34-15-10-7-5-4-6-9-14-32-61-33-17-12-19-40-22-23-43-25-24-41-20-18-21-42-26-28-46(40)50(43)49(41)42/h18,20-29,37,45,51H,4-17,19,30-36,38-39H2,1-3H3/p+1. The van der Waals surface area contributed by atoms with E-state index in [4.69, 9.17) is 23.3 Å². The van der Waals surface area contributed by atoms with Crippen molar-refractivity contribution in [2.75, 3.05) is 85.8 Å². The van der Waals surface area contributed by atoms with Crippen LogP contribution in [0.1, 0.15) is 95.5 Å². The lowest BCUT2D eigenvalue weighted by molar-refractivity contribution is -0.870. The molecule has 0 fully saturated rings. The second-order valence-electron chi connectivity index (χ2n) is 18.2. The summed E-state index contributed by atoms with van der Waals surface area (Å²) < 4.78 is 41.5. The first-order valence-corrected chi connectivity index (χ1v) is 25.3. The third-order valence-electron chi connectivity index (χ3n) is 11.8. The number of phosphoric acid groups is 1. The van der Waals surface area contributed by atoms with Crippen LogP contribution in [0.3, 0.4) is 0 Å². The van der Waals surface area contributed by atoms with Crippen LogP contribution in [0.25, 0.3) is 32.3 Å². The molecule has 5 aromatic carbocycles. The SMILES string of the molecule is C[N+](C)(C)CCOP(=O)(O)OCC(COCCCCCCCCCCOCCCCc1ccc2ccc3cccc4ccc1c2c34)OCCCCCCNc1ccc([N+](=O)[O-])cc1[N+](=O)[O-]. The van der Waals surface area contributed by atoms with Crippen LogP contribution in [0.5, 0.6) is 0 Å². The summed E-state index contributed by atoms with van der Waals surface area (Å²) in [5.41, 5.74) is 0.995. The highest BCUT2D eigenvalue weighted by atomic mass is 31.2. The third-order valence-corrected chi connectivity index (χ3v) is 12.8. The van der Waals surface area contributed by atoms with Gasteiger partial charge in [0.05, 0.1) is 50.3 Å². The number of likely N-dealkylation sites (N-methyl/N-ethyl adjacent to an activating group) is 1. The zero-order valence-corrected chi connectivity index (χ0v) is 40.2. The molecule has 362 valence electrons. The van der Waals surface area contributed by atoms with Crippen LogP contribution >= 0.6 is 7.82 Å². The van der Waals surface area contributed by atoms with Crippen LogP contribution in [0.2, 0.25) is 0 Å². The molecule has 5 aromatic rings. The Morgan fingerprint density at radius 2 is 1.23 bits per heavy atom. The van der Waals surface area contributed by atoms with Crippen molar-refractivity contribution in [2.45, 2.75) is 102 Å². The van der Waals surface area contributed by atoms with Gasteiger partial charge in [-0.1, -0.05) is 106 Å². The van der Waals surface area contributed by atoms with Gasteiger partial charge in [0.1, 0.15) is 24.9 Å². The summed E-state index contributed by atoms with van der Waals surface area (Å²) in [5.74, 6) is 0. The molecule has 0 spiro atoms. The van der Waals surface area contributed by atoms with Gasteiger partial charge in [-0.3, -0.25) is 29.3 Å². The van der Waals surface area contributed by atoms with Gasteiger partial charge in [-0.15, -0.1) is 0 Å². The summed E-state index contributed by atoms with van der Waals surface area (Å²) in [4.78, 5) is 31.3. The minimum atomic E-state index is -4.27. The van der Waals surface area contributed by atoms with Gasteiger partial charge in [0, 0.05) is 39.0 Å². The fourth-order valence-electron chi connectivity index (χ4n) is 8.10. The molecule has 0 aromatic heterocycles. The Bertz CT molecular complexity index is 2270. The quantitative estimate of drug-likeness (QED) is 0.00970. The molecular weight excluding hydrogens is 864 g/mol. The van der Waals surface area contributed by atoms with E-state index in [0.717, 1.165) is 89.9 Å². The molecule has 0 heterocycles. The highest BCUT2D eigenvalue weighted by Gasteiger charge is 2.25. The van der Waals surface area contributed by atoms with Gasteiger partial charge in [-0.2, -0.15) is 0 Å². The van der Waals surface area contributed by atoms with Crippen molar-refractivity contribution in [3.8, 4) is 0 Å². The fraction of sp³-hybridized carbons (Fsp3) is 0.560. The maximum absolute atomic E-state index is 12.6. The van der Waals surface area contributed by atoms with Crippen molar-refractivity contribution in [1.82, 2.24) is 0 Å². The highest BCUT2D eigenvalue weighted by Crippen LogP contribution is 2.43. The van der Waals surface area contributed by atoms with Gasteiger partial charge in [0.25, 0.3) is 11.4 Å². The van der Waals surface area contributed by atoms with Gasteiger partial charge in [-0.05, 0) is 88.9 Å². The van der Waals surface area contributed by atoms with Crippen LogP contribution in [-0.4, -0.2) is 106 Å². The molecule has 5 rings (SSSR count). The predicted octanol–water partition coefficient (Wildman–Crippen LogP) is 11.8. The number of hydrogen-bond acceptors (Lipinski definition) is 11. The van der Waals surface area contributed by atoms with Crippen LogP contribution in [0.4, 0.5) is 17.1 Å². The molecule has 2 atom stereocenters. The van der Waals surface area contributed by atoms with E-state index in [1.807, 2.05) is 21.1 Å². The Morgan fingerprint density at radius 3 is 1.89 bits per heavy atom. The number of anilines is 1. The Balaban J connectivity index is 0.876. The van der Waals surface area contributed by atoms with Gasteiger partial charge in [-0.25, -0.2) is 4.57 Å². The molecule has 15 nitrogen and oxygen atoms in total. The number of rotatable bonds is 36. The number of benzene rings is 5. The Labute approximate surface area is 389 Å². The Morgan fingerprint density at radius 1 is 0.636 bits per heavy atom. The van der Waals surface area contributed by atoms with Crippen molar-refractivity contribution >= 4 is 57.2 Å². The van der Waals surface area contributed by atoms with E-state index in [-0.39, 0.29) is 36.9 Å². The predicted molar refractivity (Wildman–Crippen MR) is 263 cm³/mol. The topological polar surface area (TPSA) is 182 Å². The summed E-state index contributed by atoms with van der Waals surface area (Å²) in [6.45, 7) is 3.75. The highest BCUT2D eigenvalue weighted by molar-refractivity contribution is 7.47. The molecule has 0 saturated carbocycles. The maximum Gasteiger partial charge on any atom is 0.472 e. The van der Waals surface area contributed by atoms with Crippen molar-refractivity contribution in [2.24, 2.45) is 0 Å². The van der Waals surface area contributed by atoms with Gasteiger partial charge < -0.3 is 28.9 Å². The van der Waals surface area contributed by atoms with Crippen molar-refractivity contribution in [3.63, 3.8) is 0 Å². The number of phosphoric ester groups is 1. The van der Waals surface area contributed by atoms with Gasteiger partial charge in [0.2, 0.25) is 0 Å². The van der Waals surface area contributed by atoms with Crippen molar-refractivity contribution in [3.05, 3.63) is 98.6 Å². The normalized spacial score (nSPS) is 13.5. The zero-order valence-electron chi connectivity index (χ0n) is 39.3. The summed E-state index contributed by atoms with van der Waals surface area (Å²) in [5, 5.41) is 33.5. The van der Waals surface area contributed by atoms with E-state index in [2.05, 4.69) is 59.9 Å². The first kappa shape index (κ1) is 52.7. The molecule has 16 heteroatoms. The lowest BCUT2D eigenvalue weighted by Gasteiger charge is -2.24. The van der Waals surface area contributed by atoms with Crippen LogP contribution in [-0.2, 0) is 34.2 Å². The number of nitro benzene ring substituents is 2. The second kappa shape index (κ2) is 27.5. The molecular formula is C50H72N4O11P+. The average Bonchev–Trinajstić information content (AvgIpc) is 3.28. The fourth-order valence-corrected chi connectivity index (χ4v) is 8.84. The molecule has 0 aliphatic heterocycles. The Hall–Kier alpha value is -4.31. The number of aryl methyl sites for hydroxylation is 1. The van der Waals surface area contributed by atoms with E-state index in [1.165, 1.54) is 75.7 Å². The summed E-state index contributed by atoms with van der Waals surface area (Å²) in [6, 6.07) is 23.7. The number of nitro groups is 2. The monoisotopic (exact) mass is 935 g/mol. The number of nitrogens with one attached hydrogen (secondary N) is 1. The maximum atomic E-state index is 12.6. The molecule has 0 bridgehead atoms. The molecule has 66 heavy (non-hydrogen) atoms. The Kier molecular flexibility index (Phi) is 21.9. The average molecular weight is 936 g/mol. The summed E-state index contributed by atoms with van der Waals surface area (Å²) in [6.07, 6.45) is 14.8. The van der Waals surface area contributed by atoms with Crippen LogP contribution in [0.15, 0.2) is 72.8 Å². The number of quaternary nitrogens is 1. The van der Waals surface area contributed by atoms with Crippen molar-refractivity contribution in [1.29, 1.82) is 0 Å². The first-order valence-electron chi connectivity index (χ1n) is 23.8. The zero-order chi connectivity index (χ0) is 47.2. The van der Waals surface area contributed by atoms with Crippen molar-refractivity contribution < 1.29 is 47.0 Å².